The van der Waals surface area contributed by atoms with Crippen molar-refractivity contribution in [2.75, 3.05) is 0 Å². The number of benzene rings is 2. The summed E-state index contributed by atoms with van der Waals surface area (Å²) in [5.41, 5.74) is 5.97. The highest BCUT2D eigenvalue weighted by Gasteiger charge is 2.01. The third-order valence-electron chi connectivity index (χ3n) is 2.13. The van der Waals surface area contributed by atoms with Crippen LogP contribution in [0.4, 0.5) is 4.39 Å². The van der Waals surface area contributed by atoms with Crippen LogP contribution in [-0.2, 0) is 6.54 Å². The van der Waals surface area contributed by atoms with Crippen LogP contribution in [0.2, 0.25) is 0 Å². The molecule has 0 unspecified atom stereocenters. The van der Waals surface area contributed by atoms with Gasteiger partial charge in [-0.25, -0.2) is 4.39 Å². The van der Waals surface area contributed by atoms with Crippen LogP contribution >= 0.6 is 0 Å². The van der Waals surface area contributed by atoms with Crippen LogP contribution in [0.25, 0.3) is 10.8 Å². The van der Waals surface area contributed by atoms with E-state index in [9.17, 15) is 4.39 Å². The molecule has 0 saturated carbocycles. The number of hydrogen-bond donors (Lipinski definition) is 1. The quantitative estimate of drug-likeness (QED) is 0.707. The van der Waals surface area contributed by atoms with Crippen LogP contribution in [-0.4, -0.2) is 0 Å². The fraction of sp³-hybridized carbons (Fsp3) is 0.0909. The lowest BCUT2D eigenvalue weighted by Crippen LogP contribution is -1.99. The summed E-state index contributed by atoms with van der Waals surface area (Å²) in [5.74, 6) is -0.221. The van der Waals surface area contributed by atoms with Gasteiger partial charge in [-0.3, -0.25) is 0 Å². The fourth-order valence-electron chi connectivity index (χ4n) is 1.42. The molecule has 2 aromatic rings. The molecule has 0 bridgehead atoms. The lowest BCUT2D eigenvalue weighted by Gasteiger charge is -2.02. The summed E-state index contributed by atoms with van der Waals surface area (Å²) in [6.45, 7) is 0.247. The minimum atomic E-state index is -0.221. The van der Waals surface area contributed by atoms with Crippen LogP contribution in [0.15, 0.2) is 36.4 Å². The van der Waals surface area contributed by atoms with Crippen molar-refractivity contribution in [2.45, 2.75) is 6.54 Å². The predicted molar refractivity (Wildman–Crippen MR) is 51.8 cm³/mol. The van der Waals surface area contributed by atoms with Crippen LogP contribution in [0, 0.1) is 5.82 Å². The van der Waals surface area contributed by atoms with Gasteiger partial charge < -0.3 is 5.73 Å². The fourth-order valence-corrected chi connectivity index (χ4v) is 1.42. The van der Waals surface area contributed by atoms with E-state index in [1.54, 1.807) is 6.07 Å². The van der Waals surface area contributed by atoms with Gasteiger partial charge in [0.05, 0.1) is 0 Å². The van der Waals surface area contributed by atoms with Gasteiger partial charge in [-0.15, -0.1) is 0 Å². The molecule has 66 valence electrons. The summed E-state index contributed by atoms with van der Waals surface area (Å²) >= 11 is 0. The van der Waals surface area contributed by atoms with Gasteiger partial charge in [-0.05, 0) is 22.9 Å². The second kappa shape index (κ2) is 3.15. The zero-order valence-electron chi connectivity index (χ0n) is 7.13. The highest BCUT2D eigenvalue weighted by molar-refractivity contribution is 5.83. The van der Waals surface area contributed by atoms with E-state index in [-0.39, 0.29) is 12.4 Å². The van der Waals surface area contributed by atoms with Gasteiger partial charge in [0.25, 0.3) is 0 Å². The largest absolute Gasteiger partial charge is 0.326 e. The first-order valence-corrected chi connectivity index (χ1v) is 4.18. The standard InChI is InChI=1S/C11H10FN/c12-11-6-9-4-2-1-3-8(9)5-10(11)7-13/h1-6H,7,13H2. The molecule has 0 atom stereocenters. The molecule has 2 heteroatoms. The molecule has 2 N–H and O–H groups in total. The molecule has 0 aliphatic heterocycles. The van der Waals surface area contributed by atoms with Gasteiger partial charge in [0, 0.05) is 12.1 Å². The number of rotatable bonds is 1. The Morgan fingerprint density at radius 3 is 2.31 bits per heavy atom. The van der Waals surface area contributed by atoms with Crippen molar-refractivity contribution in [3.05, 3.63) is 47.8 Å². The summed E-state index contributed by atoms with van der Waals surface area (Å²) in [6, 6.07) is 11.0. The molecule has 0 aromatic heterocycles. The smallest absolute Gasteiger partial charge is 0.128 e. The van der Waals surface area contributed by atoms with E-state index in [1.165, 1.54) is 6.07 Å². The van der Waals surface area contributed by atoms with Crippen molar-refractivity contribution in [3.8, 4) is 0 Å². The van der Waals surface area contributed by atoms with Crippen molar-refractivity contribution in [1.82, 2.24) is 0 Å². The lowest BCUT2D eigenvalue weighted by atomic mass is 10.1. The molecular formula is C11H10FN. The zero-order chi connectivity index (χ0) is 9.26. The van der Waals surface area contributed by atoms with E-state index in [1.807, 2.05) is 24.3 Å². The Morgan fingerprint density at radius 2 is 1.69 bits per heavy atom. The molecule has 0 aliphatic rings. The average molecular weight is 175 g/mol. The second-order valence-corrected chi connectivity index (χ2v) is 2.99. The Balaban J connectivity index is 2.74. The van der Waals surface area contributed by atoms with E-state index in [0.717, 1.165) is 10.8 Å². The Labute approximate surface area is 76.0 Å². The number of hydrogen-bond acceptors (Lipinski definition) is 1. The topological polar surface area (TPSA) is 26.0 Å². The average Bonchev–Trinajstić information content (AvgIpc) is 2.17. The van der Waals surface area contributed by atoms with E-state index in [2.05, 4.69) is 0 Å². The van der Waals surface area contributed by atoms with E-state index >= 15 is 0 Å². The summed E-state index contributed by atoms with van der Waals surface area (Å²) in [5, 5.41) is 1.95. The lowest BCUT2D eigenvalue weighted by molar-refractivity contribution is 0.613. The summed E-state index contributed by atoms with van der Waals surface area (Å²) < 4.78 is 13.2. The van der Waals surface area contributed by atoms with Crippen LogP contribution in [0.3, 0.4) is 0 Å². The minimum Gasteiger partial charge on any atom is -0.326 e. The van der Waals surface area contributed by atoms with Crippen molar-refractivity contribution < 1.29 is 4.39 Å². The van der Waals surface area contributed by atoms with Gasteiger partial charge in [0.1, 0.15) is 5.82 Å². The third kappa shape index (κ3) is 1.40. The van der Waals surface area contributed by atoms with E-state index in [0.29, 0.717) is 5.56 Å². The van der Waals surface area contributed by atoms with Crippen molar-refractivity contribution in [3.63, 3.8) is 0 Å². The second-order valence-electron chi connectivity index (χ2n) is 2.99. The van der Waals surface area contributed by atoms with Gasteiger partial charge >= 0.3 is 0 Å². The van der Waals surface area contributed by atoms with Crippen molar-refractivity contribution >= 4 is 10.8 Å². The highest BCUT2D eigenvalue weighted by atomic mass is 19.1. The first-order valence-electron chi connectivity index (χ1n) is 4.18. The summed E-state index contributed by atoms with van der Waals surface area (Å²) in [4.78, 5) is 0. The number of halogens is 1. The minimum absolute atomic E-state index is 0.221. The van der Waals surface area contributed by atoms with E-state index < -0.39 is 0 Å². The maximum atomic E-state index is 13.2. The van der Waals surface area contributed by atoms with Gasteiger partial charge in [-0.1, -0.05) is 24.3 Å². The molecule has 2 aromatic carbocycles. The van der Waals surface area contributed by atoms with Crippen LogP contribution in [0.5, 0.6) is 0 Å². The first kappa shape index (κ1) is 8.20. The molecular weight excluding hydrogens is 165 g/mol. The van der Waals surface area contributed by atoms with Gasteiger partial charge in [0.15, 0.2) is 0 Å². The predicted octanol–water partition coefficient (Wildman–Crippen LogP) is 2.44. The first-order chi connectivity index (χ1) is 6.31. The van der Waals surface area contributed by atoms with Crippen LogP contribution in [0.1, 0.15) is 5.56 Å². The molecule has 13 heavy (non-hydrogen) atoms. The molecule has 2 rings (SSSR count). The molecule has 0 radical (unpaired) electrons. The maximum Gasteiger partial charge on any atom is 0.128 e. The third-order valence-corrected chi connectivity index (χ3v) is 2.13. The highest BCUT2D eigenvalue weighted by Crippen LogP contribution is 2.18. The Kier molecular flexibility index (Phi) is 1.99. The van der Waals surface area contributed by atoms with Crippen molar-refractivity contribution in [2.24, 2.45) is 5.73 Å². The number of nitrogens with two attached hydrogens (primary N) is 1. The van der Waals surface area contributed by atoms with Crippen molar-refractivity contribution in [1.29, 1.82) is 0 Å². The van der Waals surface area contributed by atoms with Gasteiger partial charge in [0.2, 0.25) is 0 Å². The molecule has 0 fully saturated rings. The molecule has 1 nitrogen and oxygen atoms in total. The Hall–Kier alpha value is -1.41. The molecule has 0 saturated heterocycles. The number of fused-ring (bicyclic) bond motifs is 1. The molecule has 0 amide bonds. The maximum absolute atomic E-state index is 13.2. The molecule has 0 heterocycles. The van der Waals surface area contributed by atoms with E-state index in [4.69, 9.17) is 5.73 Å². The molecule has 0 spiro atoms. The Bertz CT molecular complexity index is 437. The zero-order valence-corrected chi connectivity index (χ0v) is 7.13. The monoisotopic (exact) mass is 175 g/mol. The summed E-state index contributed by atoms with van der Waals surface area (Å²) in [7, 11) is 0. The summed E-state index contributed by atoms with van der Waals surface area (Å²) in [6.07, 6.45) is 0. The molecule has 0 aliphatic carbocycles. The van der Waals surface area contributed by atoms with Gasteiger partial charge in [-0.2, -0.15) is 0 Å². The SMILES string of the molecule is NCc1cc2ccccc2cc1F. The van der Waals surface area contributed by atoms with Crippen LogP contribution < -0.4 is 5.73 Å². The normalized spacial score (nSPS) is 10.6. The Morgan fingerprint density at radius 1 is 1.08 bits per heavy atom.